The zero-order chi connectivity index (χ0) is 10.6. The highest BCUT2D eigenvalue weighted by molar-refractivity contribution is 5.69. The third-order valence-corrected chi connectivity index (χ3v) is 1.89. The van der Waals surface area contributed by atoms with Crippen molar-refractivity contribution >= 4 is 5.97 Å². The number of carboxylic acid groups (broad SMARTS) is 1. The molecule has 1 rings (SSSR count). The van der Waals surface area contributed by atoms with Crippen LogP contribution >= 0.6 is 0 Å². The van der Waals surface area contributed by atoms with E-state index in [1.807, 2.05) is 13.8 Å². The molecule has 0 aliphatic heterocycles. The zero-order valence-electron chi connectivity index (χ0n) is 8.19. The van der Waals surface area contributed by atoms with Gasteiger partial charge in [0, 0.05) is 18.4 Å². The maximum Gasteiger partial charge on any atom is 0.317 e. The smallest absolute Gasteiger partial charge is 0.317 e. The Morgan fingerprint density at radius 2 is 2.21 bits per heavy atom. The lowest BCUT2D eigenvalue weighted by Gasteiger charge is -2.12. The van der Waals surface area contributed by atoms with Crippen LogP contribution in [-0.2, 0) is 4.79 Å². The molecule has 0 radical (unpaired) electrons. The molecule has 2 N–H and O–H groups in total. The fourth-order valence-corrected chi connectivity index (χ4v) is 1.18. The molecule has 14 heavy (non-hydrogen) atoms. The molecule has 1 heterocycles. The molecule has 0 fully saturated rings. The molecule has 0 spiro atoms. The molecule has 0 aliphatic carbocycles. The van der Waals surface area contributed by atoms with Crippen LogP contribution in [0, 0.1) is 6.92 Å². The monoisotopic (exact) mass is 195 g/mol. The van der Waals surface area contributed by atoms with E-state index in [2.05, 4.69) is 15.3 Å². The van der Waals surface area contributed by atoms with E-state index >= 15 is 0 Å². The van der Waals surface area contributed by atoms with E-state index in [1.54, 1.807) is 12.4 Å². The first kappa shape index (κ1) is 10.6. The van der Waals surface area contributed by atoms with Gasteiger partial charge in [-0.2, -0.15) is 0 Å². The Morgan fingerprint density at radius 3 is 2.79 bits per heavy atom. The first-order valence-electron chi connectivity index (χ1n) is 4.34. The van der Waals surface area contributed by atoms with Gasteiger partial charge in [-0.1, -0.05) is 0 Å². The highest BCUT2D eigenvalue weighted by Gasteiger charge is 2.10. The molecular weight excluding hydrogens is 182 g/mol. The molecule has 5 heteroatoms. The second kappa shape index (κ2) is 4.66. The number of nitrogens with one attached hydrogen (secondary N) is 1. The Hall–Kier alpha value is -1.49. The van der Waals surface area contributed by atoms with Crippen molar-refractivity contribution in [3.05, 3.63) is 23.8 Å². The number of hydrogen-bond acceptors (Lipinski definition) is 4. The van der Waals surface area contributed by atoms with Crippen LogP contribution in [0.5, 0.6) is 0 Å². The van der Waals surface area contributed by atoms with E-state index in [-0.39, 0.29) is 12.6 Å². The van der Waals surface area contributed by atoms with Gasteiger partial charge in [-0.15, -0.1) is 0 Å². The quantitative estimate of drug-likeness (QED) is 0.732. The van der Waals surface area contributed by atoms with Crippen molar-refractivity contribution in [2.75, 3.05) is 6.54 Å². The molecule has 1 aromatic rings. The fraction of sp³-hybridized carbons (Fsp3) is 0.444. The number of carbonyl (C=O) groups is 1. The first-order valence-corrected chi connectivity index (χ1v) is 4.34. The van der Waals surface area contributed by atoms with Crippen LogP contribution in [0.4, 0.5) is 0 Å². The van der Waals surface area contributed by atoms with Gasteiger partial charge in [-0.05, 0) is 13.8 Å². The topological polar surface area (TPSA) is 75.1 Å². The van der Waals surface area contributed by atoms with Crippen LogP contribution in [-0.4, -0.2) is 27.6 Å². The van der Waals surface area contributed by atoms with Gasteiger partial charge < -0.3 is 5.11 Å². The van der Waals surface area contributed by atoms with Crippen molar-refractivity contribution in [1.29, 1.82) is 0 Å². The lowest BCUT2D eigenvalue weighted by atomic mass is 10.2. The van der Waals surface area contributed by atoms with Gasteiger partial charge in [-0.25, -0.2) is 0 Å². The minimum absolute atomic E-state index is 0.0722. The second-order valence-corrected chi connectivity index (χ2v) is 3.02. The van der Waals surface area contributed by atoms with Gasteiger partial charge in [0.15, 0.2) is 0 Å². The van der Waals surface area contributed by atoms with Gasteiger partial charge in [0.2, 0.25) is 0 Å². The van der Waals surface area contributed by atoms with E-state index < -0.39 is 5.97 Å². The van der Waals surface area contributed by atoms with Crippen LogP contribution < -0.4 is 5.32 Å². The maximum absolute atomic E-state index is 10.3. The third kappa shape index (κ3) is 2.77. The molecule has 5 nitrogen and oxygen atoms in total. The normalized spacial score (nSPS) is 12.4. The Labute approximate surface area is 82.2 Å². The molecule has 1 atom stereocenters. The molecule has 1 aromatic heterocycles. The predicted octanol–water partition coefficient (Wildman–Crippen LogP) is 0.520. The third-order valence-electron chi connectivity index (χ3n) is 1.89. The number of carboxylic acids is 1. The Bertz CT molecular complexity index is 328. The van der Waals surface area contributed by atoms with E-state index in [0.29, 0.717) is 0 Å². The number of aliphatic carboxylic acids is 1. The average molecular weight is 195 g/mol. The number of rotatable bonds is 4. The molecule has 0 amide bonds. The molecule has 0 saturated heterocycles. The van der Waals surface area contributed by atoms with Gasteiger partial charge in [-0.3, -0.25) is 20.1 Å². The number of aromatic nitrogens is 2. The van der Waals surface area contributed by atoms with Crippen LogP contribution in [0.2, 0.25) is 0 Å². The Morgan fingerprint density at radius 1 is 1.57 bits per heavy atom. The van der Waals surface area contributed by atoms with Crippen molar-refractivity contribution in [3.63, 3.8) is 0 Å². The van der Waals surface area contributed by atoms with Crippen LogP contribution in [0.15, 0.2) is 12.4 Å². The summed E-state index contributed by atoms with van der Waals surface area (Å²) in [6.07, 6.45) is 3.21. The number of hydrogen-bond donors (Lipinski definition) is 2. The average Bonchev–Trinajstić information content (AvgIpc) is 2.15. The minimum atomic E-state index is -0.876. The maximum atomic E-state index is 10.3. The van der Waals surface area contributed by atoms with Gasteiger partial charge >= 0.3 is 5.97 Å². The molecular formula is C9H13N3O2. The van der Waals surface area contributed by atoms with Gasteiger partial charge in [0.05, 0.1) is 17.9 Å². The highest BCUT2D eigenvalue weighted by Crippen LogP contribution is 2.10. The summed E-state index contributed by atoms with van der Waals surface area (Å²) in [4.78, 5) is 18.5. The Kier molecular flexibility index (Phi) is 3.53. The van der Waals surface area contributed by atoms with E-state index in [4.69, 9.17) is 5.11 Å². The molecule has 1 unspecified atom stereocenters. The first-order chi connectivity index (χ1) is 6.61. The van der Waals surface area contributed by atoms with E-state index in [1.165, 1.54) is 0 Å². The lowest BCUT2D eigenvalue weighted by Crippen LogP contribution is -2.26. The number of nitrogens with zero attached hydrogens (tertiary/aromatic N) is 2. The molecule has 0 aliphatic rings. The highest BCUT2D eigenvalue weighted by atomic mass is 16.4. The summed E-state index contributed by atoms with van der Waals surface area (Å²) in [5.74, 6) is -0.876. The summed E-state index contributed by atoms with van der Waals surface area (Å²) in [6, 6.07) is -0.0974. The van der Waals surface area contributed by atoms with Crippen LogP contribution in [0.25, 0.3) is 0 Å². The standard InChI is InChI=1S/C9H13N3O2/c1-6-9(11-4-3-10-6)7(2)12-5-8(13)14/h3-4,7,12H,5H2,1-2H3,(H,13,14). The van der Waals surface area contributed by atoms with Crippen molar-refractivity contribution in [2.24, 2.45) is 0 Å². The summed E-state index contributed by atoms with van der Waals surface area (Å²) < 4.78 is 0. The summed E-state index contributed by atoms with van der Waals surface area (Å²) in [7, 11) is 0. The van der Waals surface area contributed by atoms with Crippen LogP contribution in [0.3, 0.4) is 0 Å². The molecule has 0 saturated carbocycles. The molecule has 0 aromatic carbocycles. The summed E-state index contributed by atoms with van der Waals surface area (Å²) in [6.45, 7) is 3.64. The minimum Gasteiger partial charge on any atom is -0.480 e. The van der Waals surface area contributed by atoms with Gasteiger partial charge in [0.1, 0.15) is 0 Å². The SMILES string of the molecule is Cc1nccnc1C(C)NCC(=O)O. The lowest BCUT2D eigenvalue weighted by molar-refractivity contribution is -0.136. The molecule has 76 valence electrons. The van der Waals surface area contributed by atoms with E-state index in [9.17, 15) is 4.79 Å². The van der Waals surface area contributed by atoms with Crippen molar-refractivity contribution < 1.29 is 9.90 Å². The van der Waals surface area contributed by atoms with Gasteiger partial charge in [0.25, 0.3) is 0 Å². The molecule has 0 bridgehead atoms. The van der Waals surface area contributed by atoms with E-state index in [0.717, 1.165) is 11.4 Å². The summed E-state index contributed by atoms with van der Waals surface area (Å²) in [5.41, 5.74) is 1.60. The number of aryl methyl sites for hydroxylation is 1. The van der Waals surface area contributed by atoms with Crippen molar-refractivity contribution in [2.45, 2.75) is 19.9 Å². The Balaban J connectivity index is 2.65. The van der Waals surface area contributed by atoms with Crippen molar-refractivity contribution in [1.82, 2.24) is 15.3 Å². The van der Waals surface area contributed by atoms with Crippen LogP contribution in [0.1, 0.15) is 24.4 Å². The predicted molar refractivity (Wildman–Crippen MR) is 50.8 cm³/mol. The summed E-state index contributed by atoms with van der Waals surface area (Å²) in [5, 5.41) is 11.3. The largest absolute Gasteiger partial charge is 0.480 e. The fourth-order valence-electron chi connectivity index (χ4n) is 1.18. The van der Waals surface area contributed by atoms with Crippen molar-refractivity contribution in [3.8, 4) is 0 Å². The zero-order valence-corrected chi connectivity index (χ0v) is 8.19. The summed E-state index contributed by atoms with van der Waals surface area (Å²) >= 11 is 0. The second-order valence-electron chi connectivity index (χ2n) is 3.02.